The van der Waals surface area contributed by atoms with Gasteiger partial charge < -0.3 is 4.74 Å². The van der Waals surface area contributed by atoms with Crippen LogP contribution in [-0.4, -0.2) is 21.8 Å². The first-order valence-electron chi connectivity index (χ1n) is 5.55. The van der Waals surface area contributed by atoms with E-state index in [0.29, 0.717) is 5.69 Å². The van der Waals surface area contributed by atoms with E-state index < -0.39 is 11.6 Å². The highest BCUT2D eigenvalue weighted by atomic mass is 16.6. The fourth-order valence-electron chi connectivity index (χ4n) is 1.61. The van der Waals surface area contributed by atoms with Gasteiger partial charge in [-0.15, -0.1) is 0 Å². The van der Waals surface area contributed by atoms with Crippen molar-refractivity contribution in [3.8, 4) is 0 Å². The van der Waals surface area contributed by atoms with E-state index in [1.165, 1.54) is 0 Å². The molecular weight excluding hydrogens is 216 g/mol. The Bertz CT molecular complexity index is 564. The highest BCUT2D eigenvalue weighted by molar-refractivity contribution is 6.02. The van der Waals surface area contributed by atoms with Gasteiger partial charge in [-0.05, 0) is 39.8 Å². The number of carbonyl (C=O) groups is 1. The van der Waals surface area contributed by atoms with Gasteiger partial charge in [-0.3, -0.25) is 5.10 Å². The van der Waals surface area contributed by atoms with Crippen molar-refractivity contribution >= 4 is 16.9 Å². The van der Waals surface area contributed by atoms with Gasteiger partial charge in [-0.2, -0.15) is 5.10 Å². The Kier molecular flexibility index (Phi) is 2.65. The van der Waals surface area contributed by atoms with Gasteiger partial charge in [0, 0.05) is 5.39 Å². The zero-order valence-electron chi connectivity index (χ0n) is 10.5. The molecular formula is C13H16N2O2. The SMILES string of the molecule is Cc1ccc2[nH]nc(C(=O)OC(C)(C)C)c2c1. The first-order chi connectivity index (χ1) is 7.87. The minimum atomic E-state index is -0.508. The Balaban J connectivity index is 2.42. The van der Waals surface area contributed by atoms with Crippen LogP contribution in [0.15, 0.2) is 18.2 Å². The molecule has 0 spiro atoms. The molecule has 2 rings (SSSR count). The summed E-state index contributed by atoms with van der Waals surface area (Å²) >= 11 is 0. The monoisotopic (exact) mass is 232 g/mol. The largest absolute Gasteiger partial charge is 0.455 e. The van der Waals surface area contributed by atoms with E-state index >= 15 is 0 Å². The van der Waals surface area contributed by atoms with Crippen LogP contribution in [0.5, 0.6) is 0 Å². The number of hydrogen-bond acceptors (Lipinski definition) is 3. The summed E-state index contributed by atoms with van der Waals surface area (Å²) in [5, 5.41) is 7.66. The number of H-pyrrole nitrogens is 1. The maximum absolute atomic E-state index is 11.9. The molecule has 0 aliphatic carbocycles. The van der Waals surface area contributed by atoms with Crippen molar-refractivity contribution in [3.63, 3.8) is 0 Å². The Hall–Kier alpha value is -1.84. The molecule has 0 radical (unpaired) electrons. The second-order valence-corrected chi connectivity index (χ2v) is 5.12. The van der Waals surface area contributed by atoms with E-state index in [-0.39, 0.29) is 0 Å². The third kappa shape index (κ3) is 2.46. The zero-order chi connectivity index (χ0) is 12.6. The first kappa shape index (κ1) is 11.6. The number of rotatable bonds is 1. The predicted octanol–water partition coefficient (Wildman–Crippen LogP) is 2.83. The summed E-state index contributed by atoms with van der Waals surface area (Å²) in [6, 6.07) is 5.81. The van der Waals surface area contributed by atoms with Crippen LogP contribution in [0.4, 0.5) is 0 Å². The number of carbonyl (C=O) groups excluding carboxylic acids is 1. The number of ether oxygens (including phenoxy) is 1. The van der Waals surface area contributed by atoms with E-state index in [2.05, 4.69) is 10.2 Å². The lowest BCUT2D eigenvalue weighted by Gasteiger charge is -2.18. The maximum atomic E-state index is 11.9. The summed E-state index contributed by atoms with van der Waals surface area (Å²) in [7, 11) is 0. The lowest BCUT2D eigenvalue weighted by atomic mass is 10.1. The summed E-state index contributed by atoms with van der Waals surface area (Å²) in [5.41, 5.74) is 1.77. The van der Waals surface area contributed by atoms with Gasteiger partial charge in [-0.1, -0.05) is 11.6 Å². The zero-order valence-corrected chi connectivity index (χ0v) is 10.5. The number of benzene rings is 1. The molecule has 0 aliphatic rings. The second-order valence-electron chi connectivity index (χ2n) is 5.12. The number of esters is 1. The van der Waals surface area contributed by atoms with Crippen molar-refractivity contribution in [1.82, 2.24) is 10.2 Å². The Morgan fingerprint density at radius 3 is 2.71 bits per heavy atom. The van der Waals surface area contributed by atoms with Crippen molar-refractivity contribution in [2.24, 2.45) is 0 Å². The van der Waals surface area contributed by atoms with Gasteiger partial charge in [0.25, 0.3) is 0 Å². The number of aromatic amines is 1. The quantitative estimate of drug-likeness (QED) is 0.769. The number of nitrogens with zero attached hydrogens (tertiary/aromatic N) is 1. The molecule has 1 aromatic heterocycles. The molecule has 0 unspecified atom stereocenters. The molecule has 90 valence electrons. The molecule has 1 heterocycles. The molecule has 1 aromatic carbocycles. The molecule has 0 fully saturated rings. The number of hydrogen-bond donors (Lipinski definition) is 1. The average molecular weight is 232 g/mol. The van der Waals surface area contributed by atoms with Crippen LogP contribution in [0.2, 0.25) is 0 Å². The molecule has 0 aliphatic heterocycles. The highest BCUT2D eigenvalue weighted by Crippen LogP contribution is 2.20. The van der Waals surface area contributed by atoms with Gasteiger partial charge in [0.2, 0.25) is 0 Å². The van der Waals surface area contributed by atoms with Crippen LogP contribution in [0.25, 0.3) is 10.9 Å². The molecule has 4 nitrogen and oxygen atoms in total. The highest BCUT2D eigenvalue weighted by Gasteiger charge is 2.21. The molecule has 0 atom stereocenters. The summed E-state index contributed by atoms with van der Waals surface area (Å²) in [6.45, 7) is 7.49. The molecule has 17 heavy (non-hydrogen) atoms. The Morgan fingerprint density at radius 1 is 1.35 bits per heavy atom. The third-order valence-electron chi connectivity index (χ3n) is 2.31. The summed E-state index contributed by atoms with van der Waals surface area (Å²) in [5.74, 6) is -0.394. The predicted molar refractivity (Wildman–Crippen MR) is 66.0 cm³/mol. The molecule has 2 aromatic rings. The Morgan fingerprint density at radius 2 is 2.06 bits per heavy atom. The van der Waals surface area contributed by atoms with E-state index in [9.17, 15) is 4.79 Å². The van der Waals surface area contributed by atoms with Crippen LogP contribution >= 0.6 is 0 Å². The van der Waals surface area contributed by atoms with Crippen molar-refractivity contribution in [2.45, 2.75) is 33.3 Å². The standard InChI is InChI=1S/C13H16N2O2/c1-8-5-6-10-9(7-8)11(15-14-10)12(16)17-13(2,3)4/h5-7H,1-4H3,(H,14,15). The van der Waals surface area contributed by atoms with Gasteiger partial charge in [0.15, 0.2) is 5.69 Å². The van der Waals surface area contributed by atoms with Crippen molar-refractivity contribution in [1.29, 1.82) is 0 Å². The molecule has 4 heteroatoms. The number of aromatic nitrogens is 2. The van der Waals surface area contributed by atoms with Gasteiger partial charge in [0.1, 0.15) is 5.60 Å². The number of fused-ring (bicyclic) bond motifs is 1. The second kappa shape index (κ2) is 3.87. The molecule has 0 saturated heterocycles. The summed E-state index contributed by atoms with van der Waals surface area (Å²) in [4.78, 5) is 11.9. The van der Waals surface area contributed by atoms with E-state index in [1.54, 1.807) is 0 Å². The maximum Gasteiger partial charge on any atom is 0.360 e. The van der Waals surface area contributed by atoms with Crippen molar-refractivity contribution in [3.05, 3.63) is 29.5 Å². The van der Waals surface area contributed by atoms with Gasteiger partial charge in [-0.25, -0.2) is 4.79 Å². The summed E-state index contributed by atoms with van der Waals surface area (Å²) in [6.07, 6.45) is 0. The minimum absolute atomic E-state index is 0.346. The summed E-state index contributed by atoms with van der Waals surface area (Å²) < 4.78 is 5.31. The molecule has 0 amide bonds. The number of aryl methyl sites for hydroxylation is 1. The lowest BCUT2D eigenvalue weighted by molar-refractivity contribution is 0.00651. The Labute approximate surface area is 100.0 Å². The fourth-order valence-corrected chi connectivity index (χ4v) is 1.61. The van der Waals surface area contributed by atoms with Crippen LogP contribution in [0.3, 0.4) is 0 Å². The van der Waals surface area contributed by atoms with Gasteiger partial charge in [0.05, 0.1) is 5.52 Å². The van der Waals surface area contributed by atoms with E-state index in [0.717, 1.165) is 16.5 Å². The smallest absolute Gasteiger partial charge is 0.360 e. The van der Waals surface area contributed by atoms with Crippen LogP contribution in [-0.2, 0) is 4.74 Å². The van der Waals surface area contributed by atoms with Crippen molar-refractivity contribution < 1.29 is 9.53 Å². The minimum Gasteiger partial charge on any atom is -0.455 e. The van der Waals surface area contributed by atoms with E-state index in [1.807, 2.05) is 45.9 Å². The molecule has 0 saturated carbocycles. The fraction of sp³-hybridized carbons (Fsp3) is 0.385. The topological polar surface area (TPSA) is 55.0 Å². The third-order valence-corrected chi connectivity index (χ3v) is 2.31. The normalized spacial score (nSPS) is 11.8. The average Bonchev–Trinajstić information content (AvgIpc) is 2.57. The number of nitrogens with one attached hydrogen (secondary N) is 1. The van der Waals surface area contributed by atoms with Crippen LogP contribution in [0, 0.1) is 6.92 Å². The van der Waals surface area contributed by atoms with Crippen LogP contribution in [0.1, 0.15) is 36.8 Å². The van der Waals surface area contributed by atoms with Crippen molar-refractivity contribution in [2.75, 3.05) is 0 Å². The lowest BCUT2D eigenvalue weighted by Crippen LogP contribution is -2.24. The van der Waals surface area contributed by atoms with E-state index in [4.69, 9.17) is 4.74 Å². The van der Waals surface area contributed by atoms with Crippen LogP contribution < -0.4 is 0 Å². The molecule has 0 bridgehead atoms. The van der Waals surface area contributed by atoms with Gasteiger partial charge >= 0.3 is 5.97 Å². The molecule has 1 N–H and O–H groups in total. The first-order valence-corrected chi connectivity index (χ1v) is 5.55.